The van der Waals surface area contributed by atoms with Crippen molar-refractivity contribution in [1.29, 1.82) is 0 Å². The summed E-state index contributed by atoms with van der Waals surface area (Å²) >= 11 is 0. The third-order valence-electron chi connectivity index (χ3n) is 4.07. The summed E-state index contributed by atoms with van der Waals surface area (Å²) in [5, 5.41) is 3.38. The quantitative estimate of drug-likeness (QED) is 0.858. The van der Waals surface area contributed by atoms with E-state index in [1.54, 1.807) is 13.3 Å². The highest BCUT2D eigenvalue weighted by Gasteiger charge is 2.42. The van der Waals surface area contributed by atoms with Crippen LogP contribution >= 0.6 is 0 Å². The molecule has 1 aliphatic rings. The first-order valence-corrected chi connectivity index (χ1v) is 6.57. The molecule has 100 valence electrons. The highest BCUT2D eigenvalue weighted by atomic mass is 16.5. The molecule has 1 unspecified atom stereocenters. The van der Waals surface area contributed by atoms with Crippen molar-refractivity contribution in [2.24, 2.45) is 0 Å². The summed E-state index contributed by atoms with van der Waals surface area (Å²) in [6, 6.07) is 2.22. The van der Waals surface area contributed by atoms with Gasteiger partial charge in [-0.05, 0) is 38.4 Å². The van der Waals surface area contributed by atoms with Crippen LogP contribution in [0.3, 0.4) is 0 Å². The summed E-state index contributed by atoms with van der Waals surface area (Å²) in [6.07, 6.45) is 6.38. The molecule has 0 bridgehead atoms. The summed E-state index contributed by atoms with van der Waals surface area (Å²) < 4.78 is 5.86. The fourth-order valence-electron chi connectivity index (χ4n) is 3.12. The average molecular weight is 249 g/mol. The molecule has 0 radical (unpaired) electrons. The molecular weight excluding hydrogens is 226 g/mol. The molecule has 1 aromatic heterocycles. The van der Waals surface area contributed by atoms with Crippen LogP contribution in [0.15, 0.2) is 12.3 Å². The fourth-order valence-corrected chi connectivity index (χ4v) is 3.12. The fraction of sp³-hybridized carbons (Fsp3) is 0.643. The van der Waals surface area contributed by atoms with Gasteiger partial charge in [-0.15, -0.1) is 0 Å². The molecule has 2 rings (SSSR count). The van der Waals surface area contributed by atoms with Gasteiger partial charge in [-0.3, -0.25) is 0 Å². The van der Waals surface area contributed by atoms with E-state index in [-0.39, 0.29) is 11.6 Å². The van der Waals surface area contributed by atoms with E-state index in [2.05, 4.69) is 16.4 Å². The molecule has 3 N–H and O–H groups in total. The number of nitrogen functional groups attached to an aromatic ring is 1. The van der Waals surface area contributed by atoms with E-state index in [1.165, 1.54) is 12.8 Å². The highest BCUT2D eigenvalue weighted by Crippen LogP contribution is 2.43. The number of rotatable bonds is 4. The van der Waals surface area contributed by atoms with Crippen molar-refractivity contribution in [2.75, 3.05) is 19.9 Å². The second kappa shape index (κ2) is 5.24. The molecule has 0 aromatic carbocycles. The van der Waals surface area contributed by atoms with Gasteiger partial charge in [0.15, 0.2) is 0 Å². The van der Waals surface area contributed by atoms with Crippen molar-refractivity contribution in [3.63, 3.8) is 0 Å². The van der Waals surface area contributed by atoms with Gasteiger partial charge < -0.3 is 15.8 Å². The van der Waals surface area contributed by atoms with Crippen LogP contribution in [0.1, 0.15) is 42.9 Å². The van der Waals surface area contributed by atoms with Gasteiger partial charge in [0, 0.05) is 18.9 Å². The number of hydrogen-bond donors (Lipinski definition) is 2. The minimum atomic E-state index is -0.141. The number of aryl methyl sites for hydroxylation is 1. The molecule has 1 fully saturated rings. The zero-order valence-corrected chi connectivity index (χ0v) is 11.5. The number of nitrogens with zero attached hydrogens (tertiary/aromatic N) is 1. The van der Waals surface area contributed by atoms with E-state index in [1.807, 2.05) is 14.0 Å². The highest BCUT2D eigenvalue weighted by molar-refractivity contribution is 5.44. The number of pyridine rings is 1. The van der Waals surface area contributed by atoms with Crippen LogP contribution in [0.5, 0.6) is 0 Å². The smallest absolute Gasteiger partial charge is 0.128 e. The van der Waals surface area contributed by atoms with Gasteiger partial charge in [0.1, 0.15) is 5.82 Å². The first-order chi connectivity index (χ1) is 8.63. The van der Waals surface area contributed by atoms with Crippen molar-refractivity contribution in [2.45, 2.75) is 44.2 Å². The molecule has 0 saturated heterocycles. The molecule has 18 heavy (non-hydrogen) atoms. The Morgan fingerprint density at radius 3 is 2.67 bits per heavy atom. The number of methoxy groups -OCH3 is 1. The van der Waals surface area contributed by atoms with Gasteiger partial charge in [-0.1, -0.05) is 12.8 Å². The minimum Gasteiger partial charge on any atom is -0.383 e. The van der Waals surface area contributed by atoms with Crippen LogP contribution in [-0.2, 0) is 4.74 Å². The van der Waals surface area contributed by atoms with Crippen LogP contribution in [0.25, 0.3) is 0 Å². The number of ether oxygens (including phenoxy) is 1. The third-order valence-corrected chi connectivity index (χ3v) is 4.07. The predicted molar refractivity (Wildman–Crippen MR) is 73.4 cm³/mol. The number of likely N-dealkylation sites (N-methyl/N-ethyl adjacent to an activating group) is 1. The van der Waals surface area contributed by atoms with Crippen LogP contribution in [0.2, 0.25) is 0 Å². The van der Waals surface area contributed by atoms with Gasteiger partial charge in [0.2, 0.25) is 0 Å². The lowest BCUT2D eigenvalue weighted by Gasteiger charge is -2.37. The molecule has 1 heterocycles. The Morgan fingerprint density at radius 1 is 1.44 bits per heavy atom. The molecule has 1 aromatic rings. The van der Waals surface area contributed by atoms with Crippen LogP contribution in [0, 0.1) is 6.92 Å². The van der Waals surface area contributed by atoms with Crippen molar-refractivity contribution in [3.05, 3.63) is 23.4 Å². The topological polar surface area (TPSA) is 60.2 Å². The van der Waals surface area contributed by atoms with E-state index in [9.17, 15) is 0 Å². The zero-order valence-electron chi connectivity index (χ0n) is 11.5. The van der Waals surface area contributed by atoms with Gasteiger partial charge in [0.25, 0.3) is 0 Å². The number of aromatic nitrogens is 1. The Kier molecular flexibility index (Phi) is 3.88. The van der Waals surface area contributed by atoms with Gasteiger partial charge in [-0.2, -0.15) is 0 Å². The average Bonchev–Trinajstić information content (AvgIpc) is 2.84. The Labute approximate surface area is 109 Å². The number of nitrogens with two attached hydrogens (primary N) is 1. The van der Waals surface area contributed by atoms with E-state index < -0.39 is 0 Å². The normalized spacial score (nSPS) is 19.9. The standard InChI is InChI=1S/C14H23N3O/c1-10-8-11(13(15)17-9-10)12(16-2)14(18-3)6-4-5-7-14/h8-9,12,16H,4-7H2,1-3H3,(H2,15,17). The monoisotopic (exact) mass is 249 g/mol. The molecule has 0 amide bonds. The number of anilines is 1. The molecule has 0 spiro atoms. The first kappa shape index (κ1) is 13.3. The molecule has 4 nitrogen and oxygen atoms in total. The van der Waals surface area contributed by atoms with E-state index in [4.69, 9.17) is 10.5 Å². The van der Waals surface area contributed by atoms with Gasteiger partial charge in [0.05, 0.1) is 11.6 Å². The summed E-state index contributed by atoms with van der Waals surface area (Å²) in [5.74, 6) is 0.600. The van der Waals surface area contributed by atoms with E-state index in [0.717, 1.165) is 24.0 Å². The van der Waals surface area contributed by atoms with Crippen molar-refractivity contribution < 1.29 is 4.74 Å². The van der Waals surface area contributed by atoms with Crippen LogP contribution in [-0.4, -0.2) is 24.7 Å². The number of nitrogens with one attached hydrogen (secondary N) is 1. The lowest BCUT2D eigenvalue weighted by atomic mass is 9.86. The van der Waals surface area contributed by atoms with Crippen LogP contribution < -0.4 is 11.1 Å². The van der Waals surface area contributed by atoms with Gasteiger partial charge >= 0.3 is 0 Å². The second-order valence-electron chi connectivity index (χ2n) is 5.18. The minimum absolute atomic E-state index is 0.109. The maximum Gasteiger partial charge on any atom is 0.128 e. The van der Waals surface area contributed by atoms with Gasteiger partial charge in [-0.25, -0.2) is 4.98 Å². The Morgan fingerprint density at radius 2 is 2.11 bits per heavy atom. The largest absolute Gasteiger partial charge is 0.383 e. The lowest BCUT2D eigenvalue weighted by Crippen LogP contribution is -2.42. The second-order valence-corrected chi connectivity index (χ2v) is 5.18. The molecule has 0 aliphatic heterocycles. The third kappa shape index (κ3) is 2.22. The predicted octanol–water partition coefficient (Wildman–Crippen LogP) is 2.19. The lowest BCUT2D eigenvalue weighted by molar-refractivity contribution is -0.0347. The Hall–Kier alpha value is -1.13. The number of hydrogen-bond acceptors (Lipinski definition) is 4. The van der Waals surface area contributed by atoms with E-state index in [0.29, 0.717) is 5.82 Å². The Bertz CT molecular complexity index is 414. The van der Waals surface area contributed by atoms with Crippen LogP contribution in [0.4, 0.5) is 5.82 Å². The molecular formula is C14H23N3O. The Balaban J connectivity index is 2.40. The molecule has 1 aliphatic carbocycles. The molecule has 1 atom stereocenters. The van der Waals surface area contributed by atoms with Crippen molar-refractivity contribution >= 4 is 5.82 Å². The zero-order chi connectivity index (χ0) is 13.2. The SMILES string of the molecule is CNC(c1cc(C)cnc1N)C1(OC)CCCC1. The summed E-state index contributed by atoms with van der Waals surface area (Å²) in [6.45, 7) is 2.04. The maximum atomic E-state index is 6.04. The summed E-state index contributed by atoms with van der Waals surface area (Å²) in [7, 11) is 3.76. The maximum absolute atomic E-state index is 6.04. The summed E-state index contributed by atoms with van der Waals surface area (Å²) in [4.78, 5) is 4.27. The summed E-state index contributed by atoms with van der Waals surface area (Å²) in [5.41, 5.74) is 8.09. The van der Waals surface area contributed by atoms with Crippen molar-refractivity contribution in [3.8, 4) is 0 Å². The van der Waals surface area contributed by atoms with E-state index >= 15 is 0 Å². The first-order valence-electron chi connectivity index (χ1n) is 6.57. The molecule has 1 saturated carbocycles. The van der Waals surface area contributed by atoms with Crippen molar-refractivity contribution in [1.82, 2.24) is 10.3 Å². The molecule has 4 heteroatoms.